The van der Waals surface area contributed by atoms with Crippen LogP contribution in [0.15, 0.2) is 27.9 Å². The van der Waals surface area contributed by atoms with Gasteiger partial charge in [-0.3, -0.25) is 19.1 Å². The smallest absolute Gasteiger partial charge is 0.297 e. The second kappa shape index (κ2) is 6.92. The quantitative estimate of drug-likeness (QED) is 0.735. The molecule has 2 N–H and O–H groups in total. The number of nitrogens with one attached hydrogen (secondary N) is 1. The van der Waals surface area contributed by atoms with Crippen molar-refractivity contribution in [2.45, 2.75) is 37.5 Å². The van der Waals surface area contributed by atoms with Crippen LogP contribution in [0.2, 0.25) is 0 Å². The fraction of sp³-hybridized carbons (Fsp3) is 0.389. The Morgan fingerprint density at radius 2 is 2.03 bits per heavy atom. The SMILES string of the molecule is CN1Cn2c(nc(C(=O)NCc3ccc(F)cc3S(C)(=O)=O)c(O)c2=O)C1(C)C. The minimum atomic E-state index is -3.73. The zero-order valence-electron chi connectivity index (χ0n) is 16.4. The van der Waals surface area contributed by atoms with Crippen LogP contribution >= 0.6 is 0 Å². The monoisotopic (exact) mass is 424 g/mol. The second-order valence-corrected chi connectivity index (χ2v) is 9.46. The maximum Gasteiger partial charge on any atom is 0.297 e. The van der Waals surface area contributed by atoms with E-state index in [4.69, 9.17) is 0 Å². The highest BCUT2D eigenvalue weighted by Crippen LogP contribution is 2.31. The van der Waals surface area contributed by atoms with Crippen molar-refractivity contribution in [2.24, 2.45) is 0 Å². The third-order valence-corrected chi connectivity index (χ3v) is 6.26. The highest BCUT2D eigenvalue weighted by molar-refractivity contribution is 7.90. The molecule has 0 aliphatic carbocycles. The second-order valence-electron chi connectivity index (χ2n) is 7.47. The molecule has 2 heterocycles. The first-order valence-corrected chi connectivity index (χ1v) is 10.6. The van der Waals surface area contributed by atoms with Gasteiger partial charge in [0.15, 0.2) is 15.5 Å². The van der Waals surface area contributed by atoms with Crippen molar-refractivity contribution < 1.29 is 22.7 Å². The third kappa shape index (κ3) is 3.62. The molecule has 0 spiro atoms. The molecule has 0 bridgehead atoms. The Bertz CT molecular complexity index is 1170. The van der Waals surface area contributed by atoms with Gasteiger partial charge in [-0.15, -0.1) is 0 Å². The highest BCUT2D eigenvalue weighted by Gasteiger charge is 2.39. The molecule has 1 aromatic heterocycles. The standard InChI is InChI=1S/C18H21FN4O5S/c1-18(2)17-21-13(14(24)16(26)23(17)9-22(18)3)15(25)20-8-10-5-6-11(19)7-12(10)29(4,27)28/h5-7,24H,8-9H2,1-4H3,(H,20,25). The van der Waals surface area contributed by atoms with Crippen molar-refractivity contribution in [3.8, 4) is 5.75 Å². The number of halogens is 1. The maximum atomic E-state index is 13.4. The van der Waals surface area contributed by atoms with Crippen molar-refractivity contribution in [3.05, 3.63) is 51.5 Å². The zero-order valence-corrected chi connectivity index (χ0v) is 17.2. The molecule has 0 unspecified atom stereocenters. The summed E-state index contributed by atoms with van der Waals surface area (Å²) in [5.41, 5.74) is -1.66. The van der Waals surface area contributed by atoms with Crippen molar-refractivity contribution in [1.29, 1.82) is 0 Å². The molecule has 0 radical (unpaired) electrons. The van der Waals surface area contributed by atoms with Gasteiger partial charge in [-0.1, -0.05) is 6.07 Å². The van der Waals surface area contributed by atoms with Crippen LogP contribution in [-0.2, 0) is 28.6 Å². The number of aromatic hydroxyl groups is 1. The van der Waals surface area contributed by atoms with E-state index < -0.39 is 44.1 Å². The number of fused-ring (bicyclic) bond motifs is 1. The number of hydrogen-bond acceptors (Lipinski definition) is 7. The number of benzene rings is 1. The summed E-state index contributed by atoms with van der Waals surface area (Å²) >= 11 is 0. The molecule has 1 aromatic carbocycles. The maximum absolute atomic E-state index is 13.4. The van der Waals surface area contributed by atoms with Crippen LogP contribution in [0, 0.1) is 5.82 Å². The number of carbonyl (C=O) groups excluding carboxylic acids is 1. The molecule has 2 aromatic rings. The van der Waals surface area contributed by atoms with E-state index in [2.05, 4.69) is 10.3 Å². The lowest BCUT2D eigenvalue weighted by Gasteiger charge is -2.25. The topological polar surface area (TPSA) is 122 Å². The van der Waals surface area contributed by atoms with Crippen LogP contribution in [0.1, 0.15) is 35.7 Å². The molecule has 11 heteroatoms. The fourth-order valence-electron chi connectivity index (χ4n) is 3.14. The van der Waals surface area contributed by atoms with Gasteiger partial charge < -0.3 is 10.4 Å². The summed E-state index contributed by atoms with van der Waals surface area (Å²) in [6.45, 7) is 3.61. The first-order chi connectivity index (χ1) is 13.3. The Labute approximate surface area is 166 Å². The number of sulfone groups is 1. The predicted octanol–water partition coefficient (Wildman–Crippen LogP) is 0.559. The van der Waals surface area contributed by atoms with E-state index in [1.165, 1.54) is 10.6 Å². The fourth-order valence-corrected chi connectivity index (χ4v) is 4.08. The zero-order chi connectivity index (χ0) is 21.7. The van der Waals surface area contributed by atoms with E-state index in [1.807, 2.05) is 18.7 Å². The number of nitrogens with zero attached hydrogens (tertiary/aromatic N) is 3. The first-order valence-electron chi connectivity index (χ1n) is 8.66. The molecule has 0 atom stereocenters. The molecule has 0 saturated carbocycles. The highest BCUT2D eigenvalue weighted by atomic mass is 32.2. The molecule has 9 nitrogen and oxygen atoms in total. The molecule has 0 fully saturated rings. The normalized spacial score (nSPS) is 15.9. The summed E-state index contributed by atoms with van der Waals surface area (Å²) in [4.78, 5) is 30.8. The van der Waals surface area contributed by atoms with E-state index in [0.717, 1.165) is 18.4 Å². The number of hydrogen-bond donors (Lipinski definition) is 2. The van der Waals surface area contributed by atoms with Gasteiger partial charge in [-0.25, -0.2) is 17.8 Å². The van der Waals surface area contributed by atoms with Gasteiger partial charge in [-0.2, -0.15) is 0 Å². The van der Waals surface area contributed by atoms with Gasteiger partial charge in [0, 0.05) is 12.8 Å². The summed E-state index contributed by atoms with van der Waals surface area (Å²) in [6, 6.07) is 3.19. The lowest BCUT2D eigenvalue weighted by Crippen LogP contribution is -2.33. The predicted molar refractivity (Wildman–Crippen MR) is 102 cm³/mol. The Morgan fingerprint density at radius 1 is 1.38 bits per heavy atom. The minimum Gasteiger partial charge on any atom is -0.501 e. The van der Waals surface area contributed by atoms with Crippen LogP contribution in [0.3, 0.4) is 0 Å². The van der Waals surface area contributed by atoms with Crippen LogP contribution in [0.4, 0.5) is 4.39 Å². The Morgan fingerprint density at radius 3 is 2.66 bits per heavy atom. The molecule has 1 amide bonds. The third-order valence-electron chi connectivity index (χ3n) is 5.08. The van der Waals surface area contributed by atoms with E-state index >= 15 is 0 Å². The minimum absolute atomic E-state index is 0.166. The van der Waals surface area contributed by atoms with Gasteiger partial charge in [-0.05, 0) is 38.6 Å². The summed E-state index contributed by atoms with van der Waals surface area (Å²) < 4.78 is 38.5. The summed E-state index contributed by atoms with van der Waals surface area (Å²) in [5.74, 6) is -2.04. The van der Waals surface area contributed by atoms with E-state index in [1.54, 1.807) is 7.05 Å². The van der Waals surface area contributed by atoms with Crippen molar-refractivity contribution in [3.63, 3.8) is 0 Å². The van der Waals surface area contributed by atoms with Crippen LogP contribution < -0.4 is 10.9 Å². The average Bonchev–Trinajstić information content (AvgIpc) is 2.85. The van der Waals surface area contributed by atoms with Gasteiger partial charge in [0.05, 0.1) is 17.1 Å². The number of rotatable bonds is 4. The molecule has 29 heavy (non-hydrogen) atoms. The summed E-state index contributed by atoms with van der Waals surface area (Å²) in [7, 11) is -1.94. The molecular formula is C18H21FN4O5S. The van der Waals surface area contributed by atoms with Gasteiger partial charge >= 0.3 is 0 Å². The van der Waals surface area contributed by atoms with Gasteiger partial charge in [0.25, 0.3) is 11.5 Å². The summed E-state index contributed by atoms with van der Waals surface area (Å²) in [5, 5.41) is 12.6. The van der Waals surface area contributed by atoms with Crippen molar-refractivity contribution in [2.75, 3.05) is 13.3 Å². The molecule has 3 rings (SSSR count). The molecular weight excluding hydrogens is 403 g/mol. The number of aromatic nitrogens is 2. The largest absolute Gasteiger partial charge is 0.501 e. The van der Waals surface area contributed by atoms with Gasteiger partial charge in [0.2, 0.25) is 5.75 Å². The van der Waals surface area contributed by atoms with E-state index in [9.17, 15) is 27.5 Å². The molecule has 0 saturated heterocycles. The lowest BCUT2D eigenvalue weighted by atomic mass is 10.0. The lowest BCUT2D eigenvalue weighted by molar-refractivity contribution is 0.0941. The van der Waals surface area contributed by atoms with Gasteiger partial charge in [0.1, 0.15) is 11.6 Å². The molecule has 1 aliphatic heterocycles. The van der Waals surface area contributed by atoms with Crippen molar-refractivity contribution >= 4 is 15.7 Å². The van der Waals surface area contributed by atoms with E-state index in [-0.39, 0.29) is 23.7 Å². The van der Waals surface area contributed by atoms with Crippen LogP contribution in [0.25, 0.3) is 0 Å². The summed E-state index contributed by atoms with van der Waals surface area (Å²) in [6.07, 6.45) is 0.931. The Balaban J connectivity index is 1.94. The average molecular weight is 424 g/mol. The Kier molecular flexibility index (Phi) is 4.99. The Hall–Kier alpha value is -2.79. The van der Waals surface area contributed by atoms with Crippen LogP contribution in [0.5, 0.6) is 5.75 Å². The first kappa shape index (κ1) is 20.9. The number of amides is 1. The van der Waals surface area contributed by atoms with Crippen molar-refractivity contribution in [1.82, 2.24) is 19.8 Å². The van der Waals surface area contributed by atoms with Crippen LogP contribution in [-0.4, -0.2) is 47.2 Å². The molecule has 1 aliphatic rings. The van der Waals surface area contributed by atoms with E-state index in [0.29, 0.717) is 5.82 Å². The molecule has 156 valence electrons. The number of carbonyl (C=O) groups is 1.